The van der Waals surface area contributed by atoms with Crippen molar-refractivity contribution in [3.63, 3.8) is 0 Å². The zero-order chi connectivity index (χ0) is 17.0. The molecule has 3 heterocycles. The van der Waals surface area contributed by atoms with E-state index in [2.05, 4.69) is 45.5 Å². The number of nitrogens with zero attached hydrogens (tertiary/aromatic N) is 3. The van der Waals surface area contributed by atoms with Crippen molar-refractivity contribution >= 4 is 27.5 Å². The first-order valence-electron chi connectivity index (χ1n) is 8.30. The van der Waals surface area contributed by atoms with Gasteiger partial charge in [-0.2, -0.15) is 0 Å². The van der Waals surface area contributed by atoms with E-state index in [-0.39, 0.29) is 5.82 Å². The van der Waals surface area contributed by atoms with Crippen molar-refractivity contribution in [2.24, 2.45) is 0 Å². The molecule has 0 saturated heterocycles. The molecule has 2 aromatic carbocycles. The summed E-state index contributed by atoms with van der Waals surface area (Å²) in [5.41, 5.74) is 5.28. The minimum Gasteiger partial charge on any atom is -0.333 e. The molecule has 3 nitrogen and oxygen atoms in total. The number of pyridine rings is 1. The van der Waals surface area contributed by atoms with Crippen molar-refractivity contribution in [3.8, 4) is 0 Å². The Morgan fingerprint density at radius 2 is 1.76 bits per heavy atom. The Hall–Kier alpha value is -3.14. The predicted octanol–water partition coefficient (Wildman–Crippen LogP) is 4.94. The lowest BCUT2D eigenvalue weighted by molar-refractivity contribution is 0.626. The van der Waals surface area contributed by atoms with Crippen LogP contribution in [0.4, 0.5) is 4.39 Å². The summed E-state index contributed by atoms with van der Waals surface area (Å²) in [7, 11) is 0. The Morgan fingerprint density at radius 1 is 0.960 bits per heavy atom. The van der Waals surface area contributed by atoms with E-state index >= 15 is 0 Å². The molecule has 25 heavy (non-hydrogen) atoms. The van der Waals surface area contributed by atoms with Crippen LogP contribution in [0.25, 0.3) is 27.5 Å². The van der Waals surface area contributed by atoms with Gasteiger partial charge in [0.05, 0.1) is 11.2 Å². The molecule has 4 heteroatoms. The first-order valence-corrected chi connectivity index (χ1v) is 8.30. The third-order valence-electron chi connectivity index (χ3n) is 4.73. The summed E-state index contributed by atoms with van der Waals surface area (Å²) in [6, 6.07) is 17.2. The highest BCUT2D eigenvalue weighted by Gasteiger charge is 2.15. The molecule has 122 valence electrons. The van der Waals surface area contributed by atoms with E-state index in [0.29, 0.717) is 6.54 Å². The second-order valence-corrected chi connectivity index (χ2v) is 6.42. The monoisotopic (exact) mass is 329 g/mol. The maximum Gasteiger partial charge on any atom is 0.161 e. The normalized spacial score (nSPS) is 11.8. The average Bonchev–Trinajstić information content (AvgIpc) is 3.15. The Kier molecular flexibility index (Phi) is 2.95. The number of imidazole rings is 1. The molecule has 0 spiro atoms. The summed E-state index contributed by atoms with van der Waals surface area (Å²) >= 11 is 0. The molecule has 0 unspecified atom stereocenters. The predicted molar refractivity (Wildman–Crippen MR) is 98.4 cm³/mol. The van der Waals surface area contributed by atoms with Crippen molar-refractivity contribution in [2.45, 2.75) is 13.5 Å². The summed E-state index contributed by atoms with van der Waals surface area (Å²) in [5.74, 6) is -0.211. The largest absolute Gasteiger partial charge is 0.333 e. The van der Waals surface area contributed by atoms with E-state index < -0.39 is 0 Å². The third kappa shape index (κ3) is 2.14. The van der Waals surface area contributed by atoms with Crippen LogP contribution in [0.5, 0.6) is 0 Å². The van der Waals surface area contributed by atoms with Crippen LogP contribution in [0.3, 0.4) is 0 Å². The van der Waals surface area contributed by atoms with Gasteiger partial charge in [0.15, 0.2) is 5.65 Å². The van der Waals surface area contributed by atoms with Crippen molar-refractivity contribution in [1.29, 1.82) is 0 Å². The van der Waals surface area contributed by atoms with E-state index in [0.717, 1.165) is 27.9 Å². The van der Waals surface area contributed by atoms with E-state index in [1.165, 1.54) is 22.9 Å². The fraction of sp³-hybridized carbons (Fsp3) is 0.0952. The quantitative estimate of drug-likeness (QED) is 0.450. The van der Waals surface area contributed by atoms with Gasteiger partial charge in [-0.1, -0.05) is 30.3 Å². The van der Waals surface area contributed by atoms with Gasteiger partial charge in [0.2, 0.25) is 0 Å². The third-order valence-corrected chi connectivity index (χ3v) is 4.73. The van der Waals surface area contributed by atoms with Gasteiger partial charge in [-0.15, -0.1) is 0 Å². The lowest BCUT2D eigenvalue weighted by Crippen LogP contribution is -2.00. The summed E-state index contributed by atoms with van der Waals surface area (Å²) in [6.45, 7) is 2.68. The summed E-state index contributed by atoms with van der Waals surface area (Å²) < 4.78 is 17.6. The molecule has 0 fully saturated rings. The van der Waals surface area contributed by atoms with E-state index in [1.54, 1.807) is 0 Å². The first-order chi connectivity index (χ1) is 12.2. The Balaban J connectivity index is 1.87. The number of aromatic nitrogens is 3. The molecule has 0 bridgehead atoms. The number of aryl methyl sites for hydroxylation is 1. The van der Waals surface area contributed by atoms with Crippen LogP contribution in [-0.4, -0.2) is 14.0 Å². The zero-order valence-electron chi connectivity index (χ0n) is 13.8. The molecule has 0 aliphatic rings. The molecular formula is C21H16FN3. The van der Waals surface area contributed by atoms with Gasteiger partial charge in [-0.3, -0.25) is 0 Å². The van der Waals surface area contributed by atoms with Gasteiger partial charge in [-0.05, 0) is 36.8 Å². The zero-order valence-corrected chi connectivity index (χ0v) is 13.8. The Morgan fingerprint density at radius 3 is 2.60 bits per heavy atom. The molecule has 0 saturated carbocycles. The first kappa shape index (κ1) is 14.2. The van der Waals surface area contributed by atoms with Crippen LogP contribution in [0, 0.1) is 12.7 Å². The number of hydrogen-bond donors (Lipinski definition) is 0. The fourth-order valence-electron chi connectivity index (χ4n) is 3.64. The van der Waals surface area contributed by atoms with Gasteiger partial charge in [-0.25, -0.2) is 9.37 Å². The Labute approximate surface area is 144 Å². The smallest absolute Gasteiger partial charge is 0.161 e. The maximum absolute atomic E-state index is 13.3. The van der Waals surface area contributed by atoms with E-state index in [1.807, 2.05) is 25.3 Å². The summed E-state index contributed by atoms with van der Waals surface area (Å²) in [6.07, 6.45) is 4.10. The molecule has 0 radical (unpaired) electrons. The SMILES string of the molecule is Cc1cn2ccc3c4ccccc4n(Cc4ccc(F)cc4)c3c2n1. The molecule has 0 N–H and O–H groups in total. The molecule has 0 amide bonds. The Bertz CT molecular complexity index is 1230. The van der Waals surface area contributed by atoms with Gasteiger partial charge < -0.3 is 8.97 Å². The standard InChI is InChI=1S/C21H16FN3/c1-14-12-24-11-10-18-17-4-2-3-5-19(17)25(20(18)21(24)23-14)13-15-6-8-16(22)9-7-15/h2-12H,13H2,1H3. The minimum atomic E-state index is -0.211. The van der Waals surface area contributed by atoms with Crippen LogP contribution in [0.2, 0.25) is 0 Å². The number of benzene rings is 2. The van der Waals surface area contributed by atoms with Gasteiger partial charge in [0.1, 0.15) is 5.82 Å². The fourth-order valence-corrected chi connectivity index (χ4v) is 3.64. The number of para-hydroxylation sites is 1. The highest BCUT2D eigenvalue weighted by atomic mass is 19.1. The van der Waals surface area contributed by atoms with Crippen molar-refractivity contribution < 1.29 is 4.39 Å². The van der Waals surface area contributed by atoms with Crippen LogP contribution >= 0.6 is 0 Å². The van der Waals surface area contributed by atoms with Gasteiger partial charge in [0.25, 0.3) is 0 Å². The van der Waals surface area contributed by atoms with Crippen molar-refractivity contribution in [1.82, 2.24) is 14.0 Å². The molecule has 0 aliphatic heterocycles. The second-order valence-electron chi connectivity index (χ2n) is 6.42. The lowest BCUT2D eigenvalue weighted by atomic mass is 10.2. The van der Waals surface area contributed by atoms with Crippen LogP contribution in [-0.2, 0) is 6.54 Å². The highest BCUT2D eigenvalue weighted by Crippen LogP contribution is 2.32. The molecule has 0 atom stereocenters. The van der Waals surface area contributed by atoms with Crippen LogP contribution in [0.1, 0.15) is 11.3 Å². The molecular weight excluding hydrogens is 313 g/mol. The van der Waals surface area contributed by atoms with Crippen LogP contribution < -0.4 is 0 Å². The second kappa shape index (κ2) is 5.18. The van der Waals surface area contributed by atoms with E-state index in [4.69, 9.17) is 4.98 Å². The molecule has 5 rings (SSSR count). The van der Waals surface area contributed by atoms with E-state index in [9.17, 15) is 4.39 Å². The molecule has 5 aromatic rings. The van der Waals surface area contributed by atoms with Gasteiger partial charge >= 0.3 is 0 Å². The number of fused-ring (bicyclic) bond motifs is 5. The number of rotatable bonds is 2. The minimum absolute atomic E-state index is 0.211. The van der Waals surface area contributed by atoms with Crippen LogP contribution in [0.15, 0.2) is 67.0 Å². The summed E-state index contributed by atoms with van der Waals surface area (Å²) in [4.78, 5) is 4.74. The summed E-state index contributed by atoms with van der Waals surface area (Å²) in [5, 5.41) is 2.40. The number of hydrogen-bond acceptors (Lipinski definition) is 1. The van der Waals surface area contributed by atoms with Crippen molar-refractivity contribution in [3.05, 3.63) is 84.1 Å². The van der Waals surface area contributed by atoms with Gasteiger partial charge in [0, 0.05) is 35.2 Å². The lowest BCUT2D eigenvalue weighted by Gasteiger charge is -2.08. The average molecular weight is 329 g/mol. The number of halogens is 1. The molecule has 3 aromatic heterocycles. The highest BCUT2D eigenvalue weighted by molar-refractivity contribution is 6.12. The molecule has 0 aliphatic carbocycles. The van der Waals surface area contributed by atoms with Crippen molar-refractivity contribution in [2.75, 3.05) is 0 Å². The maximum atomic E-state index is 13.3. The topological polar surface area (TPSA) is 22.2 Å².